The summed E-state index contributed by atoms with van der Waals surface area (Å²) in [6, 6.07) is 5.93. The van der Waals surface area contributed by atoms with E-state index in [1.54, 1.807) is 18.2 Å². The maximum atomic E-state index is 11.8. The average Bonchev–Trinajstić information content (AvgIpc) is 2.84. The lowest BCUT2D eigenvalue weighted by atomic mass is 10.1. The number of carbonyl (C=O) groups excluding carboxylic acids is 2. The molecule has 0 aliphatic carbocycles. The third-order valence-corrected chi connectivity index (χ3v) is 4.28. The predicted octanol–water partition coefficient (Wildman–Crippen LogP) is 0.208. The van der Waals surface area contributed by atoms with E-state index < -0.39 is 16.1 Å². The molecule has 0 radical (unpaired) electrons. The van der Waals surface area contributed by atoms with Crippen LogP contribution in [0.15, 0.2) is 29.2 Å². The number of carbonyl (C=O) groups is 2. The summed E-state index contributed by atoms with van der Waals surface area (Å²) in [4.78, 5) is 24.4. The Hall–Kier alpha value is -1.93. The van der Waals surface area contributed by atoms with Gasteiger partial charge in [-0.05, 0) is 24.5 Å². The molecule has 1 aliphatic heterocycles. The zero-order valence-electron chi connectivity index (χ0n) is 11.4. The van der Waals surface area contributed by atoms with E-state index in [4.69, 9.17) is 5.14 Å². The third-order valence-electron chi connectivity index (χ3n) is 3.27. The van der Waals surface area contributed by atoms with Gasteiger partial charge in [-0.2, -0.15) is 0 Å². The summed E-state index contributed by atoms with van der Waals surface area (Å²) < 4.78 is 22.9. The van der Waals surface area contributed by atoms with Crippen molar-refractivity contribution in [3.05, 3.63) is 29.8 Å². The first-order valence-corrected chi connectivity index (χ1v) is 8.13. The van der Waals surface area contributed by atoms with Crippen LogP contribution in [0.1, 0.15) is 18.4 Å². The lowest BCUT2D eigenvalue weighted by Crippen LogP contribution is -2.41. The Balaban J connectivity index is 1.95. The second-order valence-corrected chi connectivity index (χ2v) is 6.31. The van der Waals surface area contributed by atoms with E-state index in [0.717, 1.165) is 0 Å². The Morgan fingerprint density at radius 2 is 2.05 bits per heavy atom. The van der Waals surface area contributed by atoms with Crippen molar-refractivity contribution in [3.63, 3.8) is 0 Å². The van der Waals surface area contributed by atoms with Gasteiger partial charge >= 0.3 is 6.03 Å². The molecule has 1 aromatic rings. The fourth-order valence-corrected chi connectivity index (χ4v) is 3.05. The quantitative estimate of drug-likeness (QED) is 0.828. The van der Waals surface area contributed by atoms with Crippen molar-refractivity contribution < 1.29 is 18.0 Å². The fraction of sp³-hybridized carbons (Fsp3) is 0.385. The first kappa shape index (κ1) is 15.5. The highest BCUT2D eigenvalue weighted by molar-refractivity contribution is 7.89. The van der Waals surface area contributed by atoms with E-state index in [1.807, 2.05) is 0 Å². The smallest absolute Gasteiger partial charge is 0.324 e. The highest BCUT2D eigenvalue weighted by Crippen LogP contribution is 2.14. The fourth-order valence-electron chi connectivity index (χ4n) is 2.25. The first-order valence-electron chi connectivity index (χ1n) is 6.58. The summed E-state index contributed by atoms with van der Waals surface area (Å²) >= 11 is 0. The standard InChI is InChI=1S/C13H17N3O4S/c14-21(19,20)11-5-2-1-4-10(11)7-8-15-13(18)16-9-3-6-12(16)17/h1-2,4-5H,3,6-9H2,(H,15,18)(H2,14,19,20). The SMILES string of the molecule is NS(=O)(=O)c1ccccc1CCNC(=O)N1CCCC1=O. The monoisotopic (exact) mass is 311 g/mol. The maximum absolute atomic E-state index is 11.8. The highest BCUT2D eigenvalue weighted by Gasteiger charge is 2.25. The summed E-state index contributed by atoms with van der Waals surface area (Å²) in [7, 11) is -3.79. The van der Waals surface area contributed by atoms with Crippen molar-refractivity contribution in [2.75, 3.05) is 13.1 Å². The summed E-state index contributed by atoms with van der Waals surface area (Å²) in [5.74, 6) is -0.183. The van der Waals surface area contributed by atoms with Gasteiger partial charge in [0.05, 0.1) is 4.90 Å². The van der Waals surface area contributed by atoms with Crippen LogP contribution in [0.3, 0.4) is 0 Å². The number of nitrogens with zero attached hydrogens (tertiary/aromatic N) is 1. The van der Waals surface area contributed by atoms with Gasteiger partial charge in [0.1, 0.15) is 0 Å². The normalized spacial score (nSPS) is 15.3. The van der Waals surface area contributed by atoms with Crippen LogP contribution in [0.25, 0.3) is 0 Å². The Bertz CT molecular complexity index is 657. The van der Waals surface area contributed by atoms with Gasteiger partial charge in [-0.25, -0.2) is 18.4 Å². The van der Waals surface area contributed by atoms with Crippen LogP contribution in [-0.2, 0) is 21.2 Å². The maximum Gasteiger partial charge on any atom is 0.324 e. The molecule has 3 amide bonds. The van der Waals surface area contributed by atoms with Crippen LogP contribution < -0.4 is 10.5 Å². The van der Waals surface area contributed by atoms with E-state index >= 15 is 0 Å². The molecule has 21 heavy (non-hydrogen) atoms. The van der Waals surface area contributed by atoms with E-state index in [-0.39, 0.29) is 17.3 Å². The molecular formula is C13H17N3O4S. The minimum Gasteiger partial charge on any atom is -0.337 e. The van der Waals surface area contributed by atoms with Crippen molar-refractivity contribution in [2.24, 2.45) is 5.14 Å². The van der Waals surface area contributed by atoms with E-state index in [0.29, 0.717) is 31.4 Å². The van der Waals surface area contributed by atoms with Gasteiger partial charge in [0.2, 0.25) is 15.9 Å². The van der Waals surface area contributed by atoms with Gasteiger partial charge in [0.25, 0.3) is 0 Å². The molecule has 0 atom stereocenters. The van der Waals surface area contributed by atoms with Crippen LogP contribution in [0.2, 0.25) is 0 Å². The second kappa shape index (κ2) is 6.23. The van der Waals surface area contributed by atoms with E-state index in [2.05, 4.69) is 5.32 Å². The molecule has 7 nitrogen and oxygen atoms in total. The minimum absolute atomic E-state index is 0.0523. The number of benzene rings is 1. The van der Waals surface area contributed by atoms with Crippen molar-refractivity contribution in [1.29, 1.82) is 0 Å². The van der Waals surface area contributed by atoms with Crippen LogP contribution in [-0.4, -0.2) is 38.3 Å². The number of amides is 3. The molecule has 2 rings (SSSR count). The molecule has 0 bridgehead atoms. The molecule has 0 unspecified atom stereocenters. The summed E-state index contributed by atoms with van der Waals surface area (Å²) in [5, 5.41) is 7.75. The zero-order chi connectivity index (χ0) is 15.5. The number of hydrogen-bond acceptors (Lipinski definition) is 4. The number of hydrogen-bond donors (Lipinski definition) is 2. The van der Waals surface area contributed by atoms with Crippen molar-refractivity contribution in [1.82, 2.24) is 10.2 Å². The Kier molecular flexibility index (Phi) is 4.59. The molecule has 1 aromatic carbocycles. The second-order valence-electron chi connectivity index (χ2n) is 4.78. The minimum atomic E-state index is -3.79. The van der Waals surface area contributed by atoms with Gasteiger partial charge in [0.15, 0.2) is 0 Å². The van der Waals surface area contributed by atoms with Gasteiger partial charge in [-0.15, -0.1) is 0 Å². The number of nitrogens with two attached hydrogens (primary N) is 1. The highest BCUT2D eigenvalue weighted by atomic mass is 32.2. The van der Waals surface area contributed by atoms with E-state index in [9.17, 15) is 18.0 Å². The summed E-state index contributed by atoms with van der Waals surface area (Å²) in [6.07, 6.45) is 1.39. The molecule has 1 heterocycles. The molecule has 0 aromatic heterocycles. The largest absolute Gasteiger partial charge is 0.337 e. The van der Waals surface area contributed by atoms with Crippen LogP contribution >= 0.6 is 0 Å². The number of nitrogens with one attached hydrogen (secondary N) is 1. The Labute approximate surface area is 123 Å². The summed E-state index contributed by atoms with van der Waals surface area (Å²) in [5.41, 5.74) is 0.535. The number of primary sulfonamides is 1. The molecule has 1 saturated heterocycles. The Morgan fingerprint density at radius 3 is 2.67 bits per heavy atom. The molecule has 0 spiro atoms. The zero-order valence-corrected chi connectivity index (χ0v) is 12.2. The lowest BCUT2D eigenvalue weighted by Gasteiger charge is -2.15. The number of rotatable bonds is 4. The topological polar surface area (TPSA) is 110 Å². The van der Waals surface area contributed by atoms with Crippen molar-refractivity contribution in [3.8, 4) is 0 Å². The molecule has 1 aliphatic rings. The van der Waals surface area contributed by atoms with Crippen molar-refractivity contribution in [2.45, 2.75) is 24.2 Å². The number of sulfonamides is 1. The molecule has 8 heteroatoms. The predicted molar refractivity (Wildman–Crippen MR) is 75.9 cm³/mol. The van der Waals surface area contributed by atoms with Crippen LogP contribution in [0.5, 0.6) is 0 Å². The average molecular weight is 311 g/mol. The van der Waals surface area contributed by atoms with Gasteiger partial charge in [-0.3, -0.25) is 9.69 Å². The number of urea groups is 1. The Morgan fingerprint density at radius 1 is 1.33 bits per heavy atom. The molecule has 3 N–H and O–H groups in total. The molecular weight excluding hydrogens is 294 g/mol. The van der Waals surface area contributed by atoms with Gasteiger partial charge in [0, 0.05) is 19.5 Å². The van der Waals surface area contributed by atoms with E-state index in [1.165, 1.54) is 11.0 Å². The first-order chi connectivity index (χ1) is 9.89. The van der Waals surface area contributed by atoms with Gasteiger partial charge < -0.3 is 5.32 Å². The molecule has 0 saturated carbocycles. The van der Waals surface area contributed by atoms with Crippen LogP contribution in [0, 0.1) is 0 Å². The number of likely N-dealkylation sites (tertiary alicyclic amines) is 1. The molecule has 1 fully saturated rings. The van der Waals surface area contributed by atoms with Crippen LogP contribution in [0.4, 0.5) is 4.79 Å². The molecule has 114 valence electrons. The lowest BCUT2D eigenvalue weighted by molar-refractivity contribution is -0.125. The van der Waals surface area contributed by atoms with Crippen molar-refractivity contribution >= 4 is 22.0 Å². The third kappa shape index (κ3) is 3.79. The number of imide groups is 1. The summed E-state index contributed by atoms with van der Waals surface area (Å²) in [6.45, 7) is 0.660. The van der Waals surface area contributed by atoms with Gasteiger partial charge in [-0.1, -0.05) is 18.2 Å².